The van der Waals surface area contributed by atoms with Gasteiger partial charge in [0.25, 0.3) is 0 Å². The Morgan fingerprint density at radius 1 is 0.810 bits per heavy atom. The molecule has 7 heteroatoms. The fourth-order valence-electron chi connectivity index (χ4n) is 7.04. The van der Waals surface area contributed by atoms with Gasteiger partial charge in [-0.2, -0.15) is 0 Å². The Kier molecular flexibility index (Phi) is 5.80. The molecule has 42 heavy (non-hydrogen) atoms. The van der Waals surface area contributed by atoms with Crippen LogP contribution in [0.4, 0.5) is 10.1 Å². The van der Waals surface area contributed by atoms with Gasteiger partial charge in [0.1, 0.15) is 17.3 Å². The Morgan fingerprint density at radius 2 is 1.45 bits per heavy atom. The molecule has 0 N–H and O–H groups in total. The maximum atomic E-state index is 14.7. The zero-order chi connectivity index (χ0) is 29.2. The minimum atomic E-state index is -1.74. The van der Waals surface area contributed by atoms with Crippen LogP contribution in [0.2, 0.25) is 0 Å². The molecule has 1 spiro atoms. The van der Waals surface area contributed by atoms with Crippen molar-refractivity contribution >= 4 is 35.1 Å². The summed E-state index contributed by atoms with van der Waals surface area (Å²) in [5.74, 6) is -2.92. The molecular weight excluding hydrogens is 533 g/mol. The summed E-state index contributed by atoms with van der Waals surface area (Å²) in [6.45, 7) is 1.29. The number of halogens is 1. The second-order valence-corrected chi connectivity index (χ2v) is 10.8. The van der Waals surface area contributed by atoms with E-state index in [1.54, 1.807) is 83.8 Å². The Labute approximate surface area is 241 Å². The molecule has 6 nitrogen and oxygen atoms in total. The number of benzene rings is 4. The molecule has 0 aromatic heterocycles. The maximum Gasteiger partial charge on any atom is 0.308 e. The molecule has 206 valence electrons. The highest BCUT2D eigenvalue weighted by molar-refractivity contribution is 6.32. The number of ketones is 3. The van der Waals surface area contributed by atoms with Crippen molar-refractivity contribution < 1.29 is 28.3 Å². The van der Waals surface area contributed by atoms with Crippen LogP contribution in [0, 0.1) is 11.2 Å². The van der Waals surface area contributed by atoms with Gasteiger partial charge in [-0.05, 0) is 23.8 Å². The van der Waals surface area contributed by atoms with E-state index in [2.05, 4.69) is 0 Å². The third-order valence-corrected chi connectivity index (χ3v) is 8.60. The van der Waals surface area contributed by atoms with E-state index in [4.69, 9.17) is 4.74 Å². The number of fused-ring (bicyclic) bond motifs is 5. The van der Waals surface area contributed by atoms with Crippen LogP contribution in [0.5, 0.6) is 5.75 Å². The average Bonchev–Trinajstić information content (AvgIpc) is 3.43. The smallest absolute Gasteiger partial charge is 0.308 e. The summed E-state index contributed by atoms with van der Waals surface area (Å²) >= 11 is 0. The Bertz CT molecular complexity index is 1790. The molecule has 1 saturated heterocycles. The van der Waals surface area contributed by atoms with Gasteiger partial charge < -0.3 is 9.64 Å². The van der Waals surface area contributed by atoms with Gasteiger partial charge in [0, 0.05) is 35.1 Å². The fourth-order valence-corrected chi connectivity index (χ4v) is 7.04. The van der Waals surface area contributed by atoms with Crippen molar-refractivity contribution in [2.45, 2.75) is 24.9 Å². The number of carbonyl (C=O) groups is 4. The summed E-state index contributed by atoms with van der Waals surface area (Å²) in [6.07, 6.45) is 3.59. The van der Waals surface area contributed by atoms with E-state index in [1.165, 1.54) is 31.2 Å². The number of nitrogens with zero attached hydrogens (tertiary/aromatic N) is 1. The predicted octanol–water partition coefficient (Wildman–Crippen LogP) is 6.07. The van der Waals surface area contributed by atoms with Crippen LogP contribution in [0.25, 0.3) is 6.08 Å². The van der Waals surface area contributed by atoms with Crippen LogP contribution in [0.15, 0.2) is 103 Å². The van der Waals surface area contributed by atoms with Crippen LogP contribution >= 0.6 is 0 Å². The molecule has 0 bridgehead atoms. The summed E-state index contributed by atoms with van der Waals surface area (Å²) in [7, 11) is 0. The first-order valence-corrected chi connectivity index (χ1v) is 13.7. The zero-order valence-corrected chi connectivity index (χ0v) is 22.5. The van der Waals surface area contributed by atoms with Crippen molar-refractivity contribution in [3.63, 3.8) is 0 Å². The topological polar surface area (TPSA) is 80.8 Å². The van der Waals surface area contributed by atoms with Gasteiger partial charge in [-0.25, -0.2) is 4.39 Å². The quantitative estimate of drug-likeness (QED) is 0.131. The Morgan fingerprint density at radius 3 is 2.10 bits per heavy atom. The number of hydrogen-bond acceptors (Lipinski definition) is 6. The molecule has 7 rings (SSSR count). The number of carbonyl (C=O) groups excluding carboxylic acids is 4. The van der Waals surface area contributed by atoms with E-state index in [1.807, 2.05) is 6.07 Å². The summed E-state index contributed by atoms with van der Waals surface area (Å²) in [6, 6.07) is 24.2. The highest BCUT2D eigenvalue weighted by Crippen LogP contribution is 2.62. The summed E-state index contributed by atoms with van der Waals surface area (Å²) in [4.78, 5) is 57.9. The molecule has 1 fully saturated rings. The lowest BCUT2D eigenvalue weighted by molar-refractivity contribution is -0.131. The monoisotopic (exact) mass is 557 g/mol. The number of ether oxygens (including phenoxy) is 1. The van der Waals surface area contributed by atoms with E-state index in [0.29, 0.717) is 22.4 Å². The Balaban J connectivity index is 1.57. The first kappa shape index (κ1) is 25.8. The molecule has 2 aliphatic heterocycles. The number of hydrogen-bond donors (Lipinski definition) is 0. The minimum absolute atomic E-state index is 0.213. The van der Waals surface area contributed by atoms with Crippen LogP contribution < -0.4 is 9.64 Å². The fraction of sp³-hybridized carbons (Fsp3) is 0.143. The molecule has 3 atom stereocenters. The lowest BCUT2D eigenvalue weighted by Gasteiger charge is -2.37. The number of rotatable bonds is 4. The van der Waals surface area contributed by atoms with Gasteiger partial charge in [-0.15, -0.1) is 0 Å². The predicted molar refractivity (Wildman–Crippen MR) is 154 cm³/mol. The largest absolute Gasteiger partial charge is 0.424 e. The van der Waals surface area contributed by atoms with Crippen molar-refractivity contribution in [2.75, 3.05) is 4.90 Å². The van der Waals surface area contributed by atoms with Gasteiger partial charge in [0.15, 0.2) is 23.1 Å². The minimum Gasteiger partial charge on any atom is -0.424 e. The van der Waals surface area contributed by atoms with Crippen molar-refractivity contribution in [3.8, 4) is 5.75 Å². The number of para-hydroxylation sites is 1. The standard InChI is InChI=1S/C35H24FNO5/c1-20(38)42-27-13-7-10-22-16-19-28-35(33(40)25-11-5-6-12-26(25)34(35)41)29(21-14-17-24(36)18-15-21)31(37(28)30(22)27)32(39)23-8-3-2-4-9-23/h2-19,28-29,31H,1H3/t28-,29+,31-/m0/s1. The van der Waals surface area contributed by atoms with Crippen LogP contribution in [-0.4, -0.2) is 35.4 Å². The van der Waals surface area contributed by atoms with E-state index >= 15 is 0 Å². The lowest BCUT2D eigenvalue weighted by Crippen LogP contribution is -2.48. The van der Waals surface area contributed by atoms with E-state index in [-0.39, 0.29) is 22.7 Å². The maximum absolute atomic E-state index is 14.7. The highest BCUT2D eigenvalue weighted by Gasteiger charge is 2.71. The SMILES string of the molecule is CC(=O)Oc1cccc2c1N1[C@H](C(=O)c3ccccc3)[C@@H](c3ccc(F)cc3)C3(C(=O)c4ccccc4C3=O)[C@@H]1C=C2. The van der Waals surface area contributed by atoms with E-state index in [0.717, 1.165) is 0 Å². The molecule has 2 heterocycles. The molecule has 1 aliphatic carbocycles. The van der Waals surface area contributed by atoms with E-state index < -0.39 is 46.8 Å². The molecule has 0 saturated carbocycles. The average molecular weight is 558 g/mol. The van der Waals surface area contributed by atoms with Crippen LogP contribution in [0.1, 0.15) is 55.0 Å². The molecule has 4 aromatic carbocycles. The summed E-state index contributed by atoms with van der Waals surface area (Å²) in [5, 5.41) is 0. The zero-order valence-electron chi connectivity index (χ0n) is 22.5. The van der Waals surface area contributed by atoms with Crippen molar-refractivity contribution in [3.05, 3.63) is 137 Å². The van der Waals surface area contributed by atoms with Gasteiger partial charge in [0.05, 0.1) is 11.7 Å². The third kappa shape index (κ3) is 3.49. The van der Waals surface area contributed by atoms with Gasteiger partial charge in [-0.1, -0.05) is 91.0 Å². The van der Waals surface area contributed by atoms with Crippen molar-refractivity contribution in [2.24, 2.45) is 5.41 Å². The molecule has 0 unspecified atom stereocenters. The second kappa shape index (κ2) is 9.45. The van der Waals surface area contributed by atoms with Crippen molar-refractivity contribution in [1.29, 1.82) is 0 Å². The number of anilines is 1. The normalized spacial score (nSPS) is 21.2. The molecule has 0 amide bonds. The van der Waals surface area contributed by atoms with Crippen molar-refractivity contribution in [1.82, 2.24) is 0 Å². The Hall–Kier alpha value is -5.17. The number of Topliss-reactive ketones (excluding diaryl/α,β-unsaturated/α-hetero) is 3. The third-order valence-electron chi connectivity index (χ3n) is 8.60. The lowest BCUT2D eigenvalue weighted by atomic mass is 9.64. The van der Waals surface area contributed by atoms with Gasteiger partial charge in [-0.3, -0.25) is 19.2 Å². The first-order chi connectivity index (χ1) is 20.3. The summed E-state index contributed by atoms with van der Waals surface area (Å²) in [5.41, 5.74) is 0.811. The van der Waals surface area contributed by atoms with Crippen LogP contribution in [-0.2, 0) is 4.79 Å². The van der Waals surface area contributed by atoms with E-state index in [9.17, 15) is 23.6 Å². The molecule has 4 aromatic rings. The van der Waals surface area contributed by atoms with Crippen LogP contribution in [0.3, 0.4) is 0 Å². The molecular formula is C35H24FNO5. The molecule has 3 aliphatic rings. The highest BCUT2D eigenvalue weighted by atomic mass is 19.1. The van der Waals surface area contributed by atoms with Gasteiger partial charge in [0.2, 0.25) is 0 Å². The van der Waals surface area contributed by atoms with Gasteiger partial charge >= 0.3 is 5.97 Å². The first-order valence-electron chi connectivity index (χ1n) is 13.7. The number of esters is 1. The summed E-state index contributed by atoms with van der Waals surface area (Å²) < 4.78 is 19.9. The molecule has 0 radical (unpaired) electrons. The second-order valence-electron chi connectivity index (χ2n) is 10.8.